The zero-order valence-corrected chi connectivity index (χ0v) is 12.4. The van der Waals surface area contributed by atoms with Gasteiger partial charge in [-0.25, -0.2) is 0 Å². The average molecular weight is 310 g/mol. The number of benzene rings is 1. The van der Waals surface area contributed by atoms with E-state index in [0.29, 0.717) is 15.6 Å². The van der Waals surface area contributed by atoms with Crippen LogP contribution < -0.4 is 0 Å². The molecule has 3 nitrogen and oxygen atoms in total. The first kappa shape index (κ1) is 15.6. The molecule has 0 aliphatic carbocycles. The molecule has 0 radical (unpaired) electrons. The lowest BCUT2D eigenvalue weighted by Crippen LogP contribution is -2.47. The van der Waals surface area contributed by atoms with Crippen LogP contribution in [0.1, 0.15) is 10.4 Å². The fourth-order valence-corrected chi connectivity index (χ4v) is 2.33. The molecule has 0 N–H and O–H groups in total. The van der Waals surface area contributed by atoms with E-state index >= 15 is 0 Å². The van der Waals surface area contributed by atoms with Crippen LogP contribution in [0.25, 0.3) is 0 Å². The number of halogens is 3. The predicted molar refractivity (Wildman–Crippen MR) is 77.1 cm³/mol. The van der Waals surface area contributed by atoms with Crippen LogP contribution in [0.5, 0.6) is 0 Å². The molecule has 0 aromatic heterocycles. The summed E-state index contributed by atoms with van der Waals surface area (Å²) in [5.74, 6) is -0.0141. The minimum Gasteiger partial charge on any atom is -0.336 e. The van der Waals surface area contributed by atoms with E-state index in [0.717, 1.165) is 26.2 Å². The van der Waals surface area contributed by atoms with Crippen molar-refractivity contribution in [2.75, 3.05) is 33.2 Å². The summed E-state index contributed by atoms with van der Waals surface area (Å²) in [7, 11) is 2.05. The molecule has 0 atom stereocenters. The van der Waals surface area contributed by atoms with Gasteiger partial charge >= 0.3 is 0 Å². The fraction of sp³-hybridized carbons (Fsp3) is 0.417. The number of likely N-dealkylation sites (N-methyl/N-ethyl adjacent to an activating group) is 1. The molecule has 100 valence electrons. The van der Waals surface area contributed by atoms with Crippen LogP contribution >= 0.6 is 35.6 Å². The summed E-state index contributed by atoms with van der Waals surface area (Å²) in [6, 6.07) is 4.98. The fourth-order valence-electron chi connectivity index (χ4n) is 1.84. The zero-order chi connectivity index (χ0) is 12.4. The lowest BCUT2D eigenvalue weighted by atomic mass is 10.2. The molecule has 0 spiro atoms. The molecule has 0 saturated carbocycles. The number of piperazine rings is 1. The lowest BCUT2D eigenvalue weighted by molar-refractivity contribution is 0.0664. The largest absolute Gasteiger partial charge is 0.336 e. The summed E-state index contributed by atoms with van der Waals surface area (Å²) < 4.78 is 0. The summed E-state index contributed by atoms with van der Waals surface area (Å²) in [5.41, 5.74) is 0.528. The van der Waals surface area contributed by atoms with Gasteiger partial charge in [0.05, 0.1) is 10.6 Å². The Morgan fingerprint density at radius 3 is 2.33 bits per heavy atom. The Balaban J connectivity index is 0.00000162. The minimum absolute atomic E-state index is 0. The molecular formula is C12H15Cl3N2O. The van der Waals surface area contributed by atoms with Crippen molar-refractivity contribution in [2.45, 2.75) is 0 Å². The number of carbonyl (C=O) groups excluding carboxylic acids is 1. The highest BCUT2D eigenvalue weighted by Crippen LogP contribution is 2.22. The molecule has 18 heavy (non-hydrogen) atoms. The number of rotatable bonds is 1. The molecule has 0 unspecified atom stereocenters. The minimum atomic E-state index is -0.0141. The number of carbonyl (C=O) groups is 1. The van der Waals surface area contributed by atoms with E-state index in [1.807, 2.05) is 4.90 Å². The van der Waals surface area contributed by atoms with Gasteiger partial charge in [0.1, 0.15) is 0 Å². The first-order valence-electron chi connectivity index (χ1n) is 5.51. The zero-order valence-electron chi connectivity index (χ0n) is 10.0. The molecule has 0 bridgehead atoms. The molecular weight excluding hydrogens is 295 g/mol. The van der Waals surface area contributed by atoms with Gasteiger partial charge in [-0.05, 0) is 25.2 Å². The second-order valence-electron chi connectivity index (χ2n) is 4.22. The number of amides is 1. The van der Waals surface area contributed by atoms with Crippen LogP contribution in [0.2, 0.25) is 10.0 Å². The van der Waals surface area contributed by atoms with Crippen molar-refractivity contribution in [3.8, 4) is 0 Å². The third kappa shape index (κ3) is 3.51. The Hall–Kier alpha value is -0.480. The highest BCUT2D eigenvalue weighted by atomic mass is 35.5. The van der Waals surface area contributed by atoms with Crippen molar-refractivity contribution < 1.29 is 4.79 Å². The molecule has 1 aliphatic heterocycles. The van der Waals surface area contributed by atoms with Crippen LogP contribution in [0.3, 0.4) is 0 Å². The number of hydrogen-bond acceptors (Lipinski definition) is 2. The monoisotopic (exact) mass is 308 g/mol. The van der Waals surface area contributed by atoms with Gasteiger partial charge in [0.2, 0.25) is 0 Å². The van der Waals surface area contributed by atoms with Gasteiger partial charge in [-0.15, -0.1) is 12.4 Å². The highest BCUT2D eigenvalue weighted by molar-refractivity contribution is 6.36. The normalized spacial score (nSPS) is 16.3. The summed E-state index contributed by atoms with van der Waals surface area (Å²) in [6.07, 6.45) is 0. The summed E-state index contributed by atoms with van der Waals surface area (Å²) >= 11 is 11.8. The van der Waals surface area contributed by atoms with E-state index in [2.05, 4.69) is 11.9 Å². The van der Waals surface area contributed by atoms with Gasteiger partial charge in [0.15, 0.2) is 0 Å². The van der Waals surface area contributed by atoms with Crippen molar-refractivity contribution in [1.29, 1.82) is 0 Å². The van der Waals surface area contributed by atoms with Crippen molar-refractivity contribution in [3.63, 3.8) is 0 Å². The first-order valence-corrected chi connectivity index (χ1v) is 6.26. The maximum atomic E-state index is 12.2. The second-order valence-corrected chi connectivity index (χ2v) is 5.06. The van der Waals surface area contributed by atoms with Crippen LogP contribution in [0.4, 0.5) is 0 Å². The van der Waals surface area contributed by atoms with Gasteiger partial charge in [0.25, 0.3) is 5.91 Å². The Morgan fingerprint density at radius 2 is 1.78 bits per heavy atom. The summed E-state index contributed by atoms with van der Waals surface area (Å²) in [4.78, 5) is 16.2. The van der Waals surface area contributed by atoms with E-state index in [4.69, 9.17) is 23.2 Å². The van der Waals surface area contributed by atoms with E-state index in [1.54, 1.807) is 18.2 Å². The molecule has 1 aromatic rings. The molecule has 2 rings (SSSR count). The Labute approximate surface area is 123 Å². The molecule has 1 heterocycles. The smallest absolute Gasteiger partial charge is 0.255 e. The van der Waals surface area contributed by atoms with Crippen molar-refractivity contribution in [3.05, 3.63) is 33.8 Å². The van der Waals surface area contributed by atoms with Crippen LogP contribution in [-0.4, -0.2) is 48.9 Å². The lowest BCUT2D eigenvalue weighted by Gasteiger charge is -2.32. The average Bonchev–Trinajstić information content (AvgIpc) is 2.29. The Bertz CT molecular complexity index is 431. The Morgan fingerprint density at radius 1 is 1.17 bits per heavy atom. The van der Waals surface area contributed by atoms with Gasteiger partial charge in [-0.2, -0.15) is 0 Å². The topological polar surface area (TPSA) is 23.6 Å². The van der Waals surface area contributed by atoms with E-state index in [9.17, 15) is 4.79 Å². The van der Waals surface area contributed by atoms with Gasteiger partial charge in [0, 0.05) is 31.2 Å². The Kier molecular flexibility index (Phi) is 5.73. The molecule has 1 fully saturated rings. The van der Waals surface area contributed by atoms with Crippen LogP contribution in [0, 0.1) is 0 Å². The van der Waals surface area contributed by atoms with Gasteiger partial charge < -0.3 is 9.80 Å². The third-order valence-electron chi connectivity index (χ3n) is 2.95. The molecule has 1 saturated heterocycles. The quantitative estimate of drug-likeness (QED) is 0.796. The molecule has 1 amide bonds. The third-order valence-corrected chi connectivity index (χ3v) is 3.50. The standard InChI is InChI=1S/C12H14Cl2N2O.ClH/c1-15-4-6-16(7-5-15)12(17)10-3-2-9(13)8-11(10)14;/h2-3,8H,4-7H2,1H3;1H. The summed E-state index contributed by atoms with van der Waals surface area (Å²) in [5, 5.41) is 0.964. The molecule has 6 heteroatoms. The van der Waals surface area contributed by atoms with Crippen LogP contribution in [0.15, 0.2) is 18.2 Å². The highest BCUT2D eigenvalue weighted by Gasteiger charge is 2.21. The van der Waals surface area contributed by atoms with Gasteiger partial charge in [-0.1, -0.05) is 23.2 Å². The predicted octanol–water partition coefficient (Wildman–Crippen LogP) is 2.80. The van der Waals surface area contributed by atoms with Crippen molar-refractivity contribution in [2.24, 2.45) is 0 Å². The number of hydrogen-bond donors (Lipinski definition) is 0. The van der Waals surface area contributed by atoms with Crippen LogP contribution in [-0.2, 0) is 0 Å². The van der Waals surface area contributed by atoms with E-state index < -0.39 is 0 Å². The molecule has 1 aliphatic rings. The van der Waals surface area contributed by atoms with Crippen molar-refractivity contribution >= 4 is 41.5 Å². The van der Waals surface area contributed by atoms with E-state index in [-0.39, 0.29) is 18.3 Å². The SMILES string of the molecule is CN1CCN(C(=O)c2ccc(Cl)cc2Cl)CC1.Cl. The summed E-state index contributed by atoms with van der Waals surface area (Å²) in [6.45, 7) is 3.29. The maximum Gasteiger partial charge on any atom is 0.255 e. The maximum absolute atomic E-state index is 12.2. The first-order chi connectivity index (χ1) is 8.08. The second kappa shape index (κ2) is 6.62. The molecule has 1 aromatic carbocycles. The number of nitrogens with zero attached hydrogens (tertiary/aromatic N) is 2. The van der Waals surface area contributed by atoms with Crippen molar-refractivity contribution in [1.82, 2.24) is 9.80 Å². The van der Waals surface area contributed by atoms with E-state index in [1.165, 1.54) is 0 Å². The van der Waals surface area contributed by atoms with Gasteiger partial charge in [-0.3, -0.25) is 4.79 Å².